The molecule has 1 atom stereocenters. The number of thioether (sulfide) groups is 1. The lowest BCUT2D eigenvalue weighted by atomic mass is 9.89. The third-order valence-electron chi connectivity index (χ3n) is 5.55. The first-order valence-corrected chi connectivity index (χ1v) is 11.5. The van der Waals surface area contributed by atoms with Crippen molar-refractivity contribution < 1.29 is 4.79 Å². The van der Waals surface area contributed by atoms with E-state index in [9.17, 15) is 4.79 Å². The molecular weight excluding hydrogens is 394 g/mol. The molecule has 2 aromatic heterocycles. The summed E-state index contributed by atoms with van der Waals surface area (Å²) in [6, 6.07) is 10.5. The molecule has 0 saturated carbocycles. The third-order valence-corrected chi connectivity index (χ3v) is 6.52. The van der Waals surface area contributed by atoms with Crippen LogP contribution in [0.4, 0.5) is 0 Å². The molecule has 0 aliphatic heterocycles. The molecule has 0 saturated heterocycles. The van der Waals surface area contributed by atoms with Crippen molar-refractivity contribution in [2.24, 2.45) is 0 Å². The third kappa shape index (κ3) is 4.56. The minimum Gasteiger partial charge on any atom is -0.349 e. The van der Waals surface area contributed by atoms with Crippen LogP contribution in [0.1, 0.15) is 49.4 Å². The number of rotatable bonds is 7. The minimum atomic E-state index is -0.0123. The van der Waals surface area contributed by atoms with E-state index in [1.807, 2.05) is 23.6 Å². The fourth-order valence-electron chi connectivity index (χ4n) is 3.91. The van der Waals surface area contributed by atoms with E-state index in [0.29, 0.717) is 5.75 Å². The van der Waals surface area contributed by atoms with Gasteiger partial charge >= 0.3 is 0 Å². The molecule has 0 bridgehead atoms. The molecule has 1 amide bonds. The second kappa shape index (κ2) is 9.43. The summed E-state index contributed by atoms with van der Waals surface area (Å²) in [5.41, 5.74) is 5.04. The van der Waals surface area contributed by atoms with Gasteiger partial charge in [0.15, 0.2) is 11.0 Å². The molecule has 0 spiro atoms. The quantitative estimate of drug-likeness (QED) is 0.579. The van der Waals surface area contributed by atoms with Crippen molar-refractivity contribution >= 4 is 17.7 Å². The minimum absolute atomic E-state index is 0.00124. The van der Waals surface area contributed by atoms with E-state index in [0.717, 1.165) is 29.5 Å². The number of nitrogens with zero attached hydrogens (tertiary/aromatic N) is 4. The van der Waals surface area contributed by atoms with Gasteiger partial charge in [-0.2, -0.15) is 0 Å². The van der Waals surface area contributed by atoms with Gasteiger partial charge in [0.1, 0.15) is 0 Å². The first kappa shape index (κ1) is 20.6. The predicted molar refractivity (Wildman–Crippen MR) is 119 cm³/mol. The fourth-order valence-corrected chi connectivity index (χ4v) is 4.73. The Labute approximate surface area is 181 Å². The molecule has 0 fully saturated rings. The van der Waals surface area contributed by atoms with Crippen molar-refractivity contribution in [2.45, 2.75) is 57.3 Å². The number of pyridine rings is 1. The van der Waals surface area contributed by atoms with E-state index >= 15 is 0 Å². The van der Waals surface area contributed by atoms with Gasteiger partial charge in [-0.3, -0.25) is 9.78 Å². The zero-order chi connectivity index (χ0) is 20.9. The molecule has 156 valence electrons. The largest absolute Gasteiger partial charge is 0.349 e. The van der Waals surface area contributed by atoms with Crippen LogP contribution in [-0.4, -0.2) is 31.4 Å². The number of carbonyl (C=O) groups excluding carboxylic acids is 1. The summed E-state index contributed by atoms with van der Waals surface area (Å²) < 4.78 is 2.03. The van der Waals surface area contributed by atoms with Gasteiger partial charge in [-0.15, -0.1) is 10.2 Å². The van der Waals surface area contributed by atoms with Crippen LogP contribution in [0.5, 0.6) is 0 Å². The number of aryl methyl sites for hydroxylation is 2. The maximum absolute atomic E-state index is 12.6. The van der Waals surface area contributed by atoms with E-state index in [4.69, 9.17) is 0 Å². The van der Waals surface area contributed by atoms with Crippen LogP contribution >= 0.6 is 11.8 Å². The molecule has 0 radical (unpaired) electrons. The first-order valence-electron chi connectivity index (χ1n) is 10.5. The SMILES string of the molecule is CCn1c(SCC(=O)N[C@@H](C)c2ccc3c(c2)CCCC3)nnc1-c1ccncc1. The van der Waals surface area contributed by atoms with Crippen LogP contribution in [0.15, 0.2) is 47.9 Å². The number of carbonyl (C=O) groups is 1. The summed E-state index contributed by atoms with van der Waals surface area (Å²) in [5.74, 6) is 1.11. The highest BCUT2D eigenvalue weighted by Gasteiger charge is 2.17. The van der Waals surface area contributed by atoms with Crippen molar-refractivity contribution in [2.75, 3.05) is 5.75 Å². The Morgan fingerprint density at radius 2 is 1.90 bits per heavy atom. The Kier molecular flexibility index (Phi) is 6.47. The van der Waals surface area contributed by atoms with Gasteiger partial charge < -0.3 is 9.88 Å². The van der Waals surface area contributed by atoms with Gasteiger partial charge in [-0.25, -0.2) is 0 Å². The van der Waals surface area contributed by atoms with Crippen LogP contribution in [0.25, 0.3) is 11.4 Å². The molecule has 0 unspecified atom stereocenters. The molecule has 1 aliphatic rings. The lowest BCUT2D eigenvalue weighted by Crippen LogP contribution is -2.28. The Hall–Kier alpha value is -2.67. The molecule has 6 nitrogen and oxygen atoms in total. The van der Waals surface area contributed by atoms with E-state index in [1.165, 1.54) is 47.7 Å². The van der Waals surface area contributed by atoms with Gasteiger partial charge in [0.05, 0.1) is 11.8 Å². The number of amides is 1. The monoisotopic (exact) mass is 421 g/mol. The van der Waals surface area contributed by atoms with Crippen LogP contribution in [0, 0.1) is 0 Å². The van der Waals surface area contributed by atoms with Gasteiger partial charge in [0.25, 0.3) is 0 Å². The van der Waals surface area contributed by atoms with Gasteiger partial charge in [-0.05, 0) is 68.4 Å². The zero-order valence-corrected chi connectivity index (χ0v) is 18.3. The highest BCUT2D eigenvalue weighted by Crippen LogP contribution is 2.26. The number of benzene rings is 1. The smallest absolute Gasteiger partial charge is 0.230 e. The normalized spacial score (nSPS) is 14.2. The molecule has 1 N–H and O–H groups in total. The van der Waals surface area contributed by atoms with Crippen molar-refractivity contribution in [1.29, 1.82) is 0 Å². The summed E-state index contributed by atoms with van der Waals surface area (Å²) in [6.07, 6.45) is 8.34. The van der Waals surface area contributed by atoms with Gasteiger partial charge in [0.2, 0.25) is 5.91 Å². The van der Waals surface area contributed by atoms with Crippen LogP contribution < -0.4 is 5.32 Å². The second-order valence-electron chi connectivity index (χ2n) is 7.60. The maximum atomic E-state index is 12.6. The Morgan fingerprint density at radius 3 is 2.67 bits per heavy atom. The van der Waals surface area contributed by atoms with Crippen molar-refractivity contribution in [1.82, 2.24) is 25.1 Å². The lowest BCUT2D eigenvalue weighted by molar-refractivity contribution is -0.119. The van der Waals surface area contributed by atoms with Crippen LogP contribution in [-0.2, 0) is 24.2 Å². The Morgan fingerprint density at radius 1 is 1.13 bits per heavy atom. The van der Waals surface area contributed by atoms with E-state index < -0.39 is 0 Å². The van der Waals surface area contributed by atoms with E-state index in [2.05, 4.69) is 45.6 Å². The van der Waals surface area contributed by atoms with Crippen molar-refractivity contribution in [3.63, 3.8) is 0 Å². The van der Waals surface area contributed by atoms with Crippen molar-refractivity contribution in [3.8, 4) is 11.4 Å². The molecule has 4 rings (SSSR count). The predicted octanol–water partition coefficient (Wildman–Crippen LogP) is 4.21. The van der Waals surface area contributed by atoms with Gasteiger partial charge in [0, 0.05) is 24.5 Å². The zero-order valence-electron chi connectivity index (χ0n) is 17.5. The summed E-state index contributed by atoms with van der Waals surface area (Å²) in [4.78, 5) is 16.6. The van der Waals surface area contributed by atoms with Crippen LogP contribution in [0.2, 0.25) is 0 Å². The number of nitrogens with one attached hydrogen (secondary N) is 1. The Bertz CT molecular complexity index is 1020. The highest BCUT2D eigenvalue weighted by molar-refractivity contribution is 7.99. The second-order valence-corrected chi connectivity index (χ2v) is 8.54. The number of hydrogen-bond donors (Lipinski definition) is 1. The average Bonchev–Trinajstić information content (AvgIpc) is 3.21. The van der Waals surface area contributed by atoms with Crippen LogP contribution in [0.3, 0.4) is 0 Å². The van der Waals surface area contributed by atoms with Crippen molar-refractivity contribution in [3.05, 3.63) is 59.4 Å². The first-order chi connectivity index (χ1) is 14.7. The molecule has 3 aromatic rings. The Balaban J connectivity index is 1.37. The summed E-state index contributed by atoms with van der Waals surface area (Å²) in [6.45, 7) is 4.83. The van der Waals surface area contributed by atoms with Gasteiger partial charge in [-0.1, -0.05) is 30.0 Å². The van der Waals surface area contributed by atoms with E-state index in [1.54, 1.807) is 12.4 Å². The average molecular weight is 422 g/mol. The summed E-state index contributed by atoms with van der Waals surface area (Å²) in [5, 5.41) is 12.5. The summed E-state index contributed by atoms with van der Waals surface area (Å²) >= 11 is 1.42. The molecular formula is C23H27N5OS. The maximum Gasteiger partial charge on any atom is 0.230 e. The lowest BCUT2D eigenvalue weighted by Gasteiger charge is -2.20. The number of aromatic nitrogens is 4. The summed E-state index contributed by atoms with van der Waals surface area (Å²) in [7, 11) is 0. The molecule has 30 heavy (non-hydrogen) atoms. The molecule has 1 aliphatic carbocycles. The van der Waals surface area contributed by atoms with E-state index in [-0.39, 0.29) is 11.9 Å². The fraction of sp³-hybridized carbons (Fsp3) is 0.391. The number of hydrogen-bond acceptors (Lipinski definition) is 5. The molecule has 2 heterocycles. The molecule has 7 heteroatoms. The standard InChI is InChI=1S/C23H27N5OS/c1-3-28-22(18-10-12-24-13-11-18)26-27-23(28)30-15-21(29)25-16(2)19-9-8-17-6-4-5-7-20(17)14-19/h8-14,16H,3-7,15H2,1-2H3,(H,25,29)/t16-/m0/s1. The number of fused-ring (bicyclic) bond motifs is 1. The molecule has 1 aromatic carbocycles. The highest BCUT2D eigenvalue weighted by atomic mass is 32.2. The topological polar surface area (TPSA) is 72.7 Å².